The number of ether oxygens (including phenoxy) is 1. The normalized spacial score (nSPS) is 28.7. The molecule has 0 bridgehead atoms. The Morgan fingerprint density at radius 3 is 2.48 bits per heavy atom. The summed E-state index contributed by atoms with van der Waals surface area (Å²) in [6.07, 6.45) is 15.5. The summed E-state index contributed by atoms with van der Waals surface area (Å²) in [6.45, 7) is 2.70. The molecule has 1 unspecified atom stereocenters. The van der Waals surface area contributed by atoms with Crippen LogP contribution in [0.1, 0.15) is 90.4 Å². The standard InChI is InChI=1S/C19H34O3S/c1-2-19(13-8-3-4-9-16-23(19,20)21)14-10-15-22-17-18-11-6-5-7-12-18/h17H,2-16H2,1H3. The zero-order valence-corrected chi connectivity index (χ0v) is 15.6. The van der Waals surface area contributed by atoms with E-state index in [1.807, 2.05) is 13.2 Å². The lowest BCUT2D eigenvalue weighted by molar-refractivity contribution is 0.227. The second-order valence-corrected chi connectivity index (χ2v) is 9.83. The minimum absolute atomic E-state index is 0.381. The minimum Gasteiger partial charge on any atom is -0.501 e. The third kappa shape index (κ3) is 5.23. The van der Waals surface area contributed by atoms with Crippen LogP contribution in [0.2, 0.25) is 0 Å². The molecule has 1 atom stereocenters. The van der Waals surface area contributed by atoms with Crippen molar-refractivity contribution in [2.24, 2.45) is 0 Å². The highest BCUT2D eigenvalue weighted by molar-refractivity contribution is 7.92. The van der Waals surface area contributed by atoms with Gasteiger partial charge in [0.25, 0.3) is 0 Å². The van der Waals surface area contributed by atoms with Gasteiger partial charge in [-0.3, -0.25) is 0 Å². The number of hydrogen-bond donors (Lipinski definition) is 0. The van der Waals surface area contributed by atoms with Crippen molar-refractivity contribution in [2.45, 2.75) is 95.1 Å². The molecule has 0 radical (unpaired) electrons. The molecule has 1 saturated carbocycles. The topological polar surface area (TPSA) is 43.4 Å². The van der Waals surface area contributed by atoms with E-state index >= 15 is 0 Å². The molecule has 2 fully saturated rings. The molecular formula is C19H34O3S. The summed E-state index contributed by atoms with van der Waals surface area (Å²) in [4.78, 5) is 0. The largest absolute Gasteiger partial charge is 0.501 e. The van der Waals surface area contributed by atoms with E-state index in [9.17, 15) is 8.42 Å². The van der Waals surface area contributed by atoms with Gasteiger partial charge < -0.3 is 4.74 Å². The molecule has 1 aliphatic carbocycles. The molecule has 0 spiro atoms. The lowest BCUT2D eigenvalue weighted by atomic mass is 9.92. The fraction of sp³-hybridized carbons (Fsp3) is 0.895. The molecule has 23 heavy (non-hydrogen) atoms. The quantitative estimate of drug-likeness (QED) is 0.495. The summed E-state index contributed by atoms with van der Waals surface area (Å²) in [7, 11) is -2.97. The first-order valence-corrected chi connectivity index (χ1v) is 11.3. The molecular weight excluding hydrogens is 308 g/mol. The van der Waals surface area contributed by atoms with Gasteiger partial charge in [0.1, 0.15) is 0 Å². The van der Waals surface area contributed by atoms with Crippen LogP contribution in [0.15, 0.2) is 11.8 Å². The Hall–Kier alpha value is -0.510. The minimum atomic E-state index is -2.97. The van der Waals surface area contributed by atoms with E-state index in [2.05, 4.69) is 0 Å². The number of rotatable bonds is 6. The van der Waals surface area contributed by atoms with Crippen molar-refractivity contribution in [3.8, 4) is 0 Å². The maximum absolute atomic E-state index is 12.8. The van der Waals surface area contributed by atoms with Gasteiger partial charge in [0, 0.05) is 0 Å². The fourth-order valence-electron chi connectivity index (χ4n) is 4.10. The number of hydrogen-bond acceptors (Lipinski definition) is 3. The van der Waals surface area contributed by atoms with Crippen LogP contribution in [0.3, 0.4) is 0 Å². The van der Waals surface area contributed by atoms with E-state index in [0.717, 1.165) is 44.9 Å². The van der Waals surface area contributed by atoms with Crippen molar-refractivity contribution in [1.82, 2.24) is 0 Å². The van der Waals surface area contributed by atoms with Gasteiger partial charge in [-0.1, -0.05) is 32.6 Å². The monoisotopic (exact) mass is 342 g/mol. The SMILES string of the molecule is CCC1(CCCOC=C2CCCCC2)CCCCCCS1(=O)=O. The van der Waals surface area contributed by atoms with Crippen molar-refractivity contribution in [2.75, 3.05) is 12.4 Å². The Labute approximate surface area is 142 Å². The molecule has 0 N–H and O–H groups in total. The average molecular weight is 343 g/mol. The van der Waals surface area contributed by atoms with Crippen LogP contribution in [0.5, 0.6) is 0 Å². The van der Waals surface area contributed by atoms with E-state index < -0.39 is 14.6 Å². The van der Waals surface area contributed by atoms with Crippen LogP contribution in [-0.4, -0.2) is 25.5 Å². The third-order valence-electron chi connectivity index (χ3n) is 5.74. The molecule has 0 aromatic carbocycles. The molecule has 134 valence electrons. The maximum atomic E-state index is 12.8. The molecule has 2 rings (SSSR count). The summed E-state index contributed by atoms with van der Waals surface area (Å²) >= 11 is 0. The second-order valence-electron chi connectivity index (χ2n) is 7.33. The lowest BCUT2D eigenvalue weighted by Gasteiger charge is -2.34. The number of sulfone groups is 1. The molecule has 1 heterocycles. The van der Waals surface area contributed by atoms with Crippen molar-refractivity contribution >= 4 is 9.84 Å². The predicted molar refractivity (Wildman–Crippen MR) is 96.2 cm³/mol. The highest BCUT2D eigenvalue weighted by Gasteiger charge is 2.41. The van der Waals surface area contributed by atoms with Gasteiger partial charge in [0.2, 0.25) is 0 Å². The zero-order valence-electron chi connectivity index (χ0n) is 14.8. The molecule has 0 aromatic rings. The summed E-state index contributed by atoms with van der Waals surface area (Å²) in [5.41, 5.74) is 1.43. The summed E-state index contributed by atoms with van der Waals surface area (Å²) in [5.74, 6) is 0.381. The Kier molecular flexibility index (Phi) is 7.45. The molecule has 4 heteroatoms. The van der Waals surface area contributed by atoms with Crippen molar-refractivity contribution in [3.05, 3.63) is 11.8 Å². The summed E-state index contributed by atoms with van der Waals surface area (Å²) in [5, 5.41) is 0. The average Bonchev–Trinajstić information content (AvgIpc) is 2.55. The Morgan fingerprint density at radius 1 is 1.04 bits per heavy atom. The van der Waals surface area contributed by atoms with Gasteiger partial charge in [-0.2, -0.15) is 0 Å². The van der Waals surface area contributed by atoms with Gasteiger partial charge in [-0.05, 0) is 63.4 Å². The van der Waals surface area contributed by atoms with Crippen LogP contribution in [-0.2, 0) is 14.6 Å². The maximum Gasteiger partial charge on any atom is 0.155 e. The van der Waals surface area contributed by atoms with Crippen LogP contribution in [0.25, 0.3) is 0 Å². The molecule has 3 nitrogen and oxygen atoms in total. The summed E-state index contributed by atoms with van der Waals surface area (Å²) in [6, 6.07) is 0. The molecule has 0 aromatic heterocycles. The zero-order chi connectivity index (χ0) is 16.6. The fourth-order valence-corrected chi connectivity index (χ4v) is 6.46. The Bertz CT molecular complexity index is 473. The third-order valence-corrected chi connectivity index (χ3v) is 8.58. The van der Waals surface area contributed by atoms with Gasteiger partial charge in [-0.25, -0.2) is 8.42 Å². The van der Waals surface area contributed by atoms with Crippen LogP contribution in [0.4, 0.5) is 0 Å². The van der Waals surface area contributed by atoms with Crippen molar-refractivity contribution < 1.29 is 13.2 Å². The van der Waals surface area contributed by atoms with E-state index in [1.54, 1.807) is 0 Å². The molecule has 1 aliphatic heterocycles. The van der Waals surface area contributed by atoms with Crippen LogP contribution >= 0.6 is 0 Å². The van der Waals surface area contributed by atoms with E-state index in [0.29, 0.717) is 12.4 Å². The molecule has 2 aliphatic rings. The van der Waals surface area contributed by atoms with Gasteiger partial charge in [0.15, 0.2) is 9.84 Å². The predicted octanol–water partition coefficient (Wildman–Crippen LogP) is 5.16. The summed E-state index contributed by atoms with van der Waals surface area (Å²) < 4.78 is 30.8. The first-order chi connectivity index (χ1) is 11.1. The molecule has 1 saturated heterocycles. The van der Waals surface area contributed by atoms with Crippen LogP contribution in [0, 0.1) is 0 Å². The second kappa shape index (κ2) is 9.10. The van der Waals surface area contributed by atoms with E-state index in [1.165, 1.54) is 44.1 Å². The Balaban J connectivity index is 1.84. The van der Waals surface area contributed by atoms with Gasteiger partial charge in [0.05, 0.1) is 23.4 Å². The first-order valence-electron chi connectivity index (χ1n) is 9.61. The number of allylic oxidation sites excluding steroid dienone is 1. The highest BCUT2D eigenvalue weighted by Crippen LogP contribution is 2.36. The Morgan fingerprint density at radius 2 is 1.74 bits per heavy atom. The highest BCUT2D eigenvalue weighted by atomic mass is 32.2. The lowest BCUT2D eigenvalue weighted by Crippen LogP contribution is -2.41. The van der Waals surface area contributed by atoms with Gasteiger partial charge >= 0.3 is 0 Å². The van der Waals surface area contributed by atoms with Crippen LogP contribution < -0.4 is 0 Å². The smallest absolute Gasteiger partial charge is 0.155 e. The molecule has 0 amide bonds. The van der Waals surface area contributed by atoms with E-state index in [4.69, 9.17) is 4.74 Å². The van der Waals surface area contributed by atoms with Crippen molar-refractivity contribution in [3.63, 3.8) is 0 Å². The van der Waals surface area contributed by atoms with Crippen molar-refractivity contribution in [1.29, 1.82) is 0 Å². The van der Waals surface area contributed by atoms with E-state index in [-0.39, 0.29) is 0 Å². The first kappa shape index (κ1) is 18.8. The van der Waals surface area contributed by atoms with Gasteiger partial charge in [-0.15, -0.1) is 0 Å².